The summed E-state index contributed by atoms with van der Waals surface area (Å²) in [5.41, 5.74) is 2.53. The molecule has 0 aromatic heterocycles. The van der Waals surface area contributed by atoms with Crippen molar-refractivity contribution >= 4 is 10.8 Å². The van der Waals surface area contributed by atoms with Gasteiger partial charge in [-0.3, -0.25) is 0 Å². The van der Waals surface area contributed by atoms with Crippen LogP contribution in [0, 0.1) is 17.3 Å². The molecule has 4 rings (SSSR count). The molecule has 2 saturated carbocycles. The Labute approximate surface area is 122 Å². The summed E-state index contributed by atoms with van der Waals surface area (Å²) >= 11 is 0. The highest BCUT2D eigenvalue weighted by Gasteiger charge is 2.72. The highest BCUT2D eigenvalue weighted by atomic mass is 14.7. The summed E-state index contributed by atoms with van der Waals surface area (Å²) < 4.78 is 0. The Balaban J connectivity index is 1.94. The fraction of sp³-hybridized carbons (Fsp3) is 0.500. The van der Waals surface area contributed by atoms with Crippen molar-refractivity contribution in [3.63, 3.8) is 0 Å². The van der Waals surface area contributed by atoms with Crippen LogP contribution in [0.4, 0.5) is 0 Å². The Kier molecular flexibility index (Phi) is 2.41. The molecule has 20 heavy (non-hydrogen) atoms. The molecule has 0 saturated heterocycles. The Hall–Kier alpha value is -1.30. The highest BCUT2D eigenvalue weighted by molar-refractivity contribution is 5.87. The van der Waals surface area contributed by atoms with Gasteiger partial charge in [-0.15, -0.1) is 0 Å². The molecule has 3 unspecified atom stereocenters. The van der Waals surface area contributed by atoms with Crippen LogP contribution in [0.5, 0.6) is 0 Å². The van der Waals surface area contributed by atoms with E-state index in [4.69, 9.17) is 0 Å². The molecule has 2 aliphatic carbocycles. The topological polar surface area (TPSA) is 0 Å². The van der Waals surface area contributed by atoms with Crippen molar-refractivity contribution in [3.05, 3.63) is 48.0 Å². The standard InChI is InChI=1S/C20H24/c1-14-11-12-18-19(2,3)20(18,13-14)17-10-6-8-15-7-4-5-9-16(15)17/h4-10,14,18H,11-13H2,1-3H3. The molecular formula is C20H24. The van der Waals surface area contributed by atoms with Crippen molar-refractivity contribution in [3.8, 4) is 0 Å². The summed E-state index contributed by atoms with van der Waals surface area (Å²) in [5.74, 6) is 1.75. The lowest BCUT2D eigenvalue weighted by molar-refractivity contribution is 0.329. The number of hydrogen-bond donors (Lipinski definition) is 0. The monoisotopic (exact) mass is 264 g/mol. The second-order valence-electron chi connectivity index (χ2n) is 7.66. The van der Waals surface area contributed by atoms with E-state index in [0.29, 0.717) is 10.8 Å². The largest absolute Gasteiger partial charge is 0.0625 e. The van der Waals surface area contributed by atoms with Gasteiger partial charge in [0.25, 0.3) is 0 Å². The summed E-state index contributed by atoms with van der Waals surface area (Å²) in [4.78, 5) is 0. The maximum absolute atomic E-state index is 2.50. The second kappa shape index (κ2) is 3.87. The van der Waals surface area contributed by atoms with Crippen molar-refractivity contribution in [2.24, 2.45) is 17.3 Å². The fourth-order valence-corrected chi connectivity index (χ4v) is 5.34. The van der Waals surface area contributed by atoms with Crippen LogP contribution in [0.3, 0.4) is 0 Å². The quantitative estimate of drug-likeness (QED) is 0.633. The smallest absolute Gasteiger partial charge is 0.00493 e. The molecule has 2 aliphatic rings. The van der Waals surface area contributed by atoms with Gasteiger partial charge in [-0.25, -0.2) is 0 Å². The third kappa shape index (κ3) is 1.38. The molecule has 0 bridgehead atoms. The van der Waals surface area contributed by atoms with Gasteiger partial charge in [0.1, 0.15) is 0 Å². The van der Waals surface area contributed by atoms with E-state index in [-0.39, 0.29) is 0 Å². The van der Waals surface area contributed by atoms with Crippen molar-refractivity contribution < 1.29 is 0 Å². The van der Waals surface area contributed by atoms with E-state index >= 15 is 0 Å². The molecule has 0 amide bonds. The summed E-state index contributed by atoms with van der Waals surface area (Å²) in [5, 5.41) is 2.89. The van der Waals surface area contributed by atoms with Gasteiger partial charge in [-0.05, 0) is 46.4 Å². The van der Waals surface area contributed by atoms with Crippen LogP contribution in [0.25, 0.3) is 10.8 Å². The molecule has 104 valence electrons. The van der Waals surface area contributed by atoms with E-state index in [0.717, 1.165) is 11.8 Å². The van der Waals surface area contributed by atoms with E-state index in [2.05, 4.69) is 63.2 Å². The van der Waals surface area contributed by atoms with E-state index in [9.17, 15) is 0 Å². The molecule has 0 heteroatoms. The lowest BCUT2D eigenvalue weighted by atomic mass is 9.74. The van der Waals surface area contributed by atoms with Gasteiger partial charge >= 0.3 is 0 Å². The van der Waals surface area contributed by atoms with Crippen molar-refractivity contribution in [1.82, 2.24) is 0 Å². The Morgan fingerprint density at radius 2 is 1.70 bits per heavy atom. The van der Waals surface area contributed by atoms with Crippen molar-refractivity contribution in [2.75, 3.05) is 0 Å². The lowest BCUT2D eigenvalue weighted by Gasteiger charge is -2.29. The molecule has 0 N–H and O–H groups in total. The minimum absolute atomic E-state index is 0.436. The van der Waals surface area contributed by atoms with Gasteiger partial charge in [0.2, 0.25) is 0 Å². The summed E-state index contributed by atoms with van der Waals surface area (Å²) in [6.45, 7) is 7.44. The zero-order valence-electron chi connectivity index (χ0n) is 12.8. The van der Waals surface area contributed by atoms with Crippen molar-refractivity contribution in [1.29, 1.82) is 0 Å². The van der Waals surface area contributed by atoms with Gasteiger partial charge in [-0.1, -0.05) is 69.7 Å². The molecule has 2 aromatic rings. The van der Waals surface area contributed by atoms with Crippen LogP contribution in [-0.4, -0.2) is 0 Å². The number of benzene rings is 2. The molecule has 0 aliphatic heterocycles. The Morgan fingerprint density at radius 3 is 2.55 bits per heavy atom. The Morgan fingerprint density at radius 1 is 0.950 bits per heavy atom. The van der Waals surface area contributed by atoms with E-state index in [1.165, 1.54) is 30.0 Å². The molecule has 0 spiro atoms. The third-order valence-corrected chi connectivity index (χ3v) is 6.42. The third-order valence-electron chi connectivity index (χ3n) is 6.42. The van der Waals surface area contributed by atoms with E-state index in [1.54, 1.807) is 5.56 Å². The molecule has 0 heterocycles. The van der Waals surface area contributed by atoms with Crippen LogP contribution in [0.1, 0.15) is 45.6 Å². The maximum atomic E-state index is 2.50. The SMILES string of the molecule is CC1CCC2C(C)(C)C2(c2cccc3ccccc23)C1. The van der Waals surface area contributed by atoms with Crippen LogP contribution in [-0.2, 0) is 5.41 Å². The first-order valence-corrected chi connectivity index (χ1v) is 8.05. The Bertz CT molecular complexity index is 661. The van der Waals surface area contributed by atoms with Crippen LogP contribution < -0.4 is 0 Å². The summed E-state index contributed by atoms with van der Waals surface area (Å²) in [6.07, 6.45) is 4.21. The molecule has 2 aromatic carbocycles. The summed E-state index contributed by atoms with van der Waals surface area (Å²) in [7, 11) is 0. The molecule has 0 nitrogen and oxygen atoms in total. The van der Waals surface area contributed by atoms with E-state index < -0.39 is 0 Å². The summed E-state index contributed by atoms with van der Waals surface area (Å²) in [6, 6.07) is 15.9. The minimum atomic E-state index is 0.436. The van der Waals surface area contributed by atoms with Crippen LogP contribution in [0.15, 0.2) is 42.5 Å². The van der Waals surface area contributed by atoms with Gasteiger partial charge in [0.15, 0.2) is 0 Å². The average Bonchev–Trinajstić information content (AvgIpc) is 2.94. The maximum Gasteiger partial charge on any atom is 0.00493 e. The molecule has 2 fully saturated rings. The predicted octanol–water partition coefficient (Wildman–Crippen LogP) is 5.55. The number of hydrogen-bond acceptors (Lipinski definition) is 0. The van der Waals surface area contributed by atoms with Gasteiger partial charge in [-0.2, -0.15) is 0 Å². The van der Waals surface area contributed by atoms with Crippen LogP contribution in [0.2, 0.25) is 0 Å². The van der Waals surface area contributed by atoms with Crippen LogP contribution >= 0.6 is 0 Å². The minimum Gasteiger partial charge on any atom is -0.0625 e. The van der Waals surface area contributed by atoms with Gasteiger partial charge in [0.05, 0.1) is 0 Å². The molecule has 3 atom stereocenters. The van der Waals surface area contributed by atoms with Crippen molar-refractivity contribution in [2.45, 2.75) is 45.4 Å². The zero-order valence-corrected chi connectivity index (χ0v) is 12.8. The number of fused-ring (bicyclic) bond motifs is 2. The molecule has 0 radical (unpaired) electrons. The fourth-order valence-electron chi connectivity index (χ4n) is 5.34. The second-order valence-corrected chi connectivity index (χ2v) is 7.66. The number of rotatable bonds is 1. The first-order chi connectivity index (χ1) is 9.57. The predicted molar refractivity (Wildman–Crippen MR) is 85.9 cm³/mol. The lowest BCUT2D eigenvalue weighted by Crippen LogP contribution is -2.22. The van der Waals surface area contributed by atoms with E-state index in [1.807, 2.05) is 0 Å². The normalized spacial score (nSPS) is 34.8. The highest BCUT2D eigenvalue weighted by Crippen LogP contribution is 2.76. The van der Waals surface area contributed by atoms with Gasteiger partial charge < -0.3 is 0 Å². The molecular weight excluding hydrogens is 240 g/mol. The zero-order chi connectivity index (χ0) is 14.0. The average molecular weight is 264 g/mol. The van der Waals surface area contributed by atoms with Gasteiger partial charge in [0, 0.05) is 5.41 Å². The first-order valence-electron chi connectivity index (χ1n) is 8.05. The first kappa shape index (κ1) is 12.4.